The van der Waals surface area contributed by atoms with Gasteiger partial charge >= 0.3 is 6.09 Å². The van der Waals surface area contributed by atoms with Crippen molar-refractivity contribution in [3.63, 3.8) is 0 Å². The number of hydrogen-bond acceptors (Lipinski definition) is 9. The normalized spacial score (nSPS) is 15.5. The summed E-state index contributed by atoms with van der Waals surface area (Å²) in [6.07, 6.45) is 1.08. The average Bonchev–Trinajstić information content (AvgIpc) is 3.72. The third-order valence-electron chi connectivity index (χ3n) is 8.58. The summed E-state index contributed by atoms with van der Waals surface area (Å²) < 4.78 is 18.8. The molecule has 12 nitrogen and oxygen atoms in total. The fourth-order valence-electron chi connectivity index (χ4n) is 6.27. The summed E-state index contributed by atoms with van der Waals surface area (Å²) in [6.45, 7) is 3.86. The number of aromatic nitrogens is 5. The van der Waals surface area contributed by atoms with Crippen LogP contribution in [0.4, 0.5) is 4.79 Å². The second-order valence-electron chi connectivity index (χ2n) is 11.8. The Bertz CT molecular complexity index is 1920. The van der Waals surface area contributed by atoms with Gasteiger partial charge in [-0.3, -0.25) is 4.79 Å². The highest BCUT2D eigenvalue weighted by atomic mass is 16.6. The van der Waals surface area contributed by atoms with Crippen molar-refractivity contribution in [2.75, 3.05) is 33.4 Å². The summed E-state index contributed by atoms with van der Waals surface area (Å²) in [4.78, 5) is 36.6. The van der Waals surface area contributed by atoms with Crippen LogP contribution in [0.15, 0.2) is 85.1 Å². The fourth-order valence-corrected chi connectivity index (χ4v) is 6.27. The van der Waals surface area contributed by atoms with Gasteiger partial charge in [-0.05, 0) is 52.9 Å². The summed E-state index contributed by atoms with van der Waals surface area (Å²) in [5.74, 6) is 0.814. The van der Waals surface area contributed by atoms with Crippen molar-refractivity contribution in [1.82, 2.24) is 35.2 Å². The summed E-state index contributed by atoms with van der Waals surface area (Å²) in [6, 6.07) is 25.6. The van der Waals surface area contributed by atoms with E-state index in [1.807, 2.05) is 48.5 Å². The smallest absolute Gasteiger partial charge is 0.409 e. The first-order valence-corrected chi connectivity index (χ1v) is 15.8. The maximum Gasteiger partial charge on any atom is 0.409 e. The molecule has 1 aliphatic heterocycles. The summed E-state index contributed by atoms with van der Waals surface area (Å²) in [5, 5.41) is 11.4. The molecule has 0 saturated carbocycles. The number of amides is 2. The SMILES string of the molecule is COc1cccc(CNC(=O)c2cc(-c3cn(CC4CN(C(=O)OCC5c6ccccc6-c6ccccc65)CCO4)nn3)nc(C)n2)c1. The van der Waals surface area contributed by atoms with Gasteiger partial charge in [-0.1, -0.05) is 65.9 Å². The van der Waals surface area contributed by atoms with Gasteiger partial charge in [0.1, 0.15) is 29.6 Å². The van der Waals surface area contributed by atoms with Gasteiger partial charge in [0, 0.05) is 19.0 Å². The van der Waals surface area contributed by atoms with E-state index in [1.54, 1.807) is 35.9 Å². The molecule has 12 heteroatoms. The first kappa shape index (κ1) is 31.0. The minimum Gasteiger partial charge on any atom is -0.497 e. The van der Waals surface area contributed by atoms with Crippen LogP contribution in [-0.4, -0.2) is 81.4 Å². The van der Waals surface area contributed by atoms with Crippen molar-refractivity contribution in [3.8, 4) is 28.3 Å². The summed E-state index contributed by atoms with van der Waals surface area (Å²) in [5.41, 5.74) is 6.82. The van der Waals surface area contributed by atoms with Crippen LogP contribution >= 0.6 is 0 Å². The van der Waals surface area contributed by atoms with E-state index >= 15 is 0 Å². The van der Waals surface area contributed by atoms with Crippen LogP contribution < -0.4 is 10.1 Å². The largest absolute Gasteiger partial charge is 0.497 e. The molecule has 0 radical (unpaired) electrons. The maximum absolute atomic E-state index is 13.2. The van der Waals surface area contributed by atoms with Gasteiger partial charge in [-0.15, -0.1) is 5.10 Å². The fraction of sp³-hybridized carbons (Fsp3) is 0.278. The molecule has 1 fully saturated rings. The Morgan fingerprint density at radius 2 is 1.73 bits per heavy atom. The summed E-state index contributed by atoms with van der Waals surface area (Å²) >= 11 is 0. The molecule has 7 rings (SSSR count). The third kappa shape index (κ3) is 6.60. The van der Waals surface area contributed by atoms with E-state index in [0.29, 0.717) is 55.7 Å². The number of morpholine rings is 1. The Labute approximate surface area is 277 Å². The van der Waals surface area contributed by atoms with Gasteiger partial charge < -0.3 is 24.4 Å². The Balaban J connectivity index is 0.957. The van der Waals surface area contributed by atoms with Crippen molar-refractivity contribution in [2.24, 2.45) is 0 Å². The number of aryl methyl sites for hydroxylation is 1. The van der Waals surface area contributed by atoms with E-state index < -0.39 is 0 Å². The zero-order chi connectivity index (χ0) is 33.0. The number of hydrogen-bond donors (Lipinski definition) is 1. The monoisotopic (exact) mass is 645 g/mol. The van der Waals surface area contributed by atoms with E-state index in [0.717, 1.165) is 5.56 Å². The second kappa shape index (κ2) is 13.6. The zero-order valence-electron chi connectivity index (χ0n) is 26.7. The highest BCUT2D eigenvalue weighted by molar-refractivity contribution is 5.93. The first-order valence-electron chi connectivity index (χ1n) is 15.8. The predicted octanol–water partition coefficient (Wildman–Crippen LogP) is 4.63. The van der Waals surface area contributed by atoms with Crippen molar-refractivity contribution in [1.29, 1.82) is 0 Å². The second-order valence-corrected chi connectivity index (χ2v) is 11.8. The van der Waals surface area contributed by atoms with Crippen LogP contribution in [0.2, 0.25) is 0 Å². The zero-order valence-corrected chi connectivity index (χ0v) is 26.7. The van der Waals surface area contributed by atoms with E-state index in [2.05, 4.69) is 49.9 Å². The van der Waals surface area contributed by atoms with E-state index in [1.165, 1.54) is 22.3 Å². The number of benzene rings is 3. The minimum atomic E-state index is -0.363. The van der Waals surface area contributed by atoms with Gasteiger partial charge in [-0.2, -0.15) is 0 Å². The van der Waals surface area contributed by atoms with Crippen molar-refractivity contribution < 1.29 is 23.8 Å². The van der Waals surface area contributed by atoms with Gasteiger partial charge in [-0.25, -0.2) is 19.4 Å². The molecule has 1 saturated heterocycles. The van der Waals surface area contributed by atoms with E-state index in [9.17, 15) is 9.59 Å². The molecule has 5 aromatic rings. The third-order valence-corrected chi connectivity index (χ3v) is 8.58. The Morgan fingerprint density at radius 3 is 2.50 bits per heavy atom. The van der Waals surface area contributed by atoms with Crippen LogP contribution in [0, 0.1) is 6.92 Å². The van der Waals surface area contributed by atoms with E-state index in [4.69, 9.17) is 14.2 Å². The molecular weight excluding hydrogens is 610 g/mol. The van der Waals surface area contributed by atoms with Gasteiger partial charge in [0.05, 0.1) is 44.8 Å². The molecule has 1 N–H and O–H groups in total. The molecule has 244 valence electrons. The van der Waals surface area contributed by atoms with Crippen LogP contribution in [0.25, 0.3) is 22.5 Å². The Kier molecular flexibility index (Phi) is 8.80. The van der Waals surface area contributed by atoms with Crippen molar-refractivity contribution in [2.45, 2.75) is 32.0 Å². The standard InChI is InChI=1S/C36H35N7O5/c1-23-38-32(17-33(39-23)35(44)37-18-24-8-7-9-25(16-24)46-2)34-21-43(41-40-34)20-26-19-42(14-15-47-26)36(45)48-22-31-29-12-5-3-10-27(29)28-11-4-6-13-30(28)31/h3-13,16-17,21,26,31H,14-15,18-20,22H2,1-2H3,(H,37,44). The van der Waals surface area contributed by atoms with E-state index in [-0.39, 0.29) is 36.3 Å². The highest BCUT2D eigenvalue weighted by Gasteiger charge is 2.31. The molecular formula is C36H35N7O5. The first-order chi connectivity index (χ1) is 23.4. The predicted molar refractivity (Wildman–Crippen MR) is 176 cm³/mol. The number of ether oxygens (including phenoxy) is 3. The van der Waals surface area contributed by atoms with Crippen LogP contribution in [0.5, 0.6) is 5.75 Å². The lowest BCUT2D eigenvalue weighted by atomic mass is 9.98. The molecule has 3 aromatic carbocycles. The maximum atomic E-state index is 13.2. The number of carbonyl (C=O) groups is 2. The number of rotatable bonds is 9. The van der Waals surface area contributed by atoms with Crippen molar-refractivity contribution in [3.05, 3.63) is 113 Å². The molecule has 1 unspecified atom stereocenters. The molecule has 1 atom stereocenters. The number of nitrogens with zero attached hydrogens (tertiary/aromatic N) is 6. The lowest BCUT2D eigenvalue weighted by molar-refractivity contribution is -0.0358. The number of carbonyl (C=O) groups excluding carboxylic acids is 2. The van der Waals surface area contributed by atoms with Gasteiger partial charge in [0.25, 0.3) is 5.91 Å². The van der Waals surface area contributed by atoms with Crippen LogP contribution in [0.1, 0.15) is 38.9 Å². The molecule has 2 aromatic heterocycles. The molecule has 0 spiro atoms. The van der Waals surface area contributed by atoms with Crippen LogP contribution in [-0.2, 0) is 22.6 Å². The number of methoxy groups -OCH3 is 1. The number of nitrogens with one attached hydrogen (secondary N) is 1. The highest BCUT2D eigenvalue weighted by Crippen LogP contribution is 2.44. The molecule has 2 aliphatic rings. The molecule has 0 bridgehead atoms. The Morgan fingerprint density at radius 1 is 0.958 bits per heavy atom. The molecule has 3 heterocycles. The lowest BCUT2D eigenvalue weighted by Gasteiger charge is -2.32. The average molecular weight is 646 g/mol. The molecule has 1 aliphatic carbocycles. The Hall–Kier alpha value is -5.62. The summed E-state index contributed by atoms with van der Waals surface area (Å²) in [7, 11) is 1.60. The topological polar surface area (TPSA) is 134 Å². The minimum absolute atomic E-state index is 0.00301. The molecule has 2 amide bonds. The quantitative estimate of drug-likeness (QED) is 0.244. The lowest BCUT2D eigenvalue weighted by Crippen LogP contribution is -2.47. The molecule has 48 heavy (non-hydrogen) atoms. The van der Waals surface area contributed by atoms with Crippen LogP contribution in [0.3, 0.4) is 0 Å². The van der Waals surface area contributed by atoms with Gasteiger partial charge in [0.2, 0.25) is 0 Å². The number of fused-ring (bicyclic) bond motifs is 3. The van der Waals surface area contributed by atoms with Crippen molar-refractivity contribution >= 4 is 12.0 Å². The van der Waals surface area contributed by atoms with Gasteiger partial charge in [0.15, 0.2) is 0 Å².